The van der Waals surface area contributed by atoms with Crippen molar-refractivity contribution in [3.05, 3.63) is 0 Å². The summed E-state index contributed by atoms with van der Waals surface area (Å²) in [5, 5.41) is 0. The average molecular weight is 256 g/mol. The van der Waals surface area contributed by atoms with Crippen LogP contribution in [0.4, 0.5) is 0 Å². The van der Waals surface area contributed by atoms with Crippen LogP contribution >= 0.6 is 0 Å². The second-order valence-corrected chi connectivity index (χ2v) is 5.51. The molecule has 1 saturated heterocycles. The molecule has 2 atom stereocenters. The number of nitrogens with two attached hydrogens (primary N) is 1. The summed E-state index contributed by atoms with van der Waals surface area (Å²) in [6.07, 6.45) is 6.48. The molecule has 1 aliphatic heterocycles. The molecule has 3 heteroatoms. The van der Waals surface area contributed by atoms with Crippen molar-refractivity contribution in [1.29, 1.82) is 0 Å². The molecule has 108 valence electrons. The predicted octanol–water partition coefficient (Wildman–Crippen LogP) is 2.64. The third-order valence-electron chi connectivity index (χ3n) is 4.27. The molecule has 0 amide bonds. The Balaban J connectivity index is 2.51. The molecule has 0 spiro atoms. The van der Waals surface area contributed by atoms with Gasteiger partial charge in [-0.15, -0.1) is 0 Å². The van der Waals surface area contributed by atoms with Gasteiger partial charge in [0, 0.05) is 25.7 Å². The van der Waals surface area contributed by atoms with Gasteiger partial charge in [0.15, 0.2) is 0 Å². The average Bonchev–Trinajstić information content (AvgIpc) is 2.42. The highest BCUT2D eigenvalue weighted by atomic mass is 16.5. The van der Waals surface area contributed by atoms with Crippen molar-refractivity contribution in [1.82, 2.24) is 4.90 Å². The summed E-state index contributed by atoms with van der Waals surface area (Å²) in [5.41, 5.74) is 6.02. The van der Waals surface area contributed by atoms with Crippen molar-refractivity contribution in [3.8, 4) is 0 Å². The van der Waals surface area contributed by atoms with Crippen LogP contribution in [0.1, 0.15) is 52.9 Å². The molecular weight excluding hydrogens is 224 g/mol. The van der Waals surface area contributed by atoms with Gasteiger partial charge in [0.05, 0.1) is 6.10 Å². The van der Waals surface area contributed by atoms with Crippen LogP contribution in [0.15, 0.2) is 0 Å². The van der Waals surface area contributed by atoms with E-state index in [-0.39, 0.29) is 0 Å². The lowest BCUT2D eigenvalue weighted by Gasteiger charge is -2.41. The Morgan fingerprint density at radius 2 is 2.00 bits per heavy atom. The van der Waals surface area contributed by atoms with Gasteiger partial charge in [-0.25, -0.2) is 0 Å². The van der Waals surface area contributed by atoms with Crippen molar-refractivity contribution in [2.45, 2.75) is 65.0 Å². The molecule has 0 saturated carbocycles. The highest BCUT2D eigenvalue weighted by Crippen LogP contribution is 2.23. The van der Waals surface area contributed by atoms with Gasteiger partial charge in [0.2, 0.25) is 0 Å². The fourth-order valence-corrected chi connectivity index (χ4v) is 3.16. The molecule has 0 radical (unpaired) electrons. The second kappa shape index (κ2) is 8.89. The van der Waals surface area contributed by atoms with Crippen molar-refractivity contribution in [3.63, 3.8) is 0 Å². The summed E-state index contributed by atoms with van der Waals surface area (Å²) in [4.78, 5) is 2.58. The zero-order chi connectivity index (χ0) is 13.4. The smallest absolute Gasteiger partial charge is 0.0702 e. The molecule has 1 fully saturated rings. The number of piperidine rings is 1. The lowest BCUT2D eigenvalue weighted by Crippen LogP contribution is -2.51. The Bertz CT molecular complexity index is 207. The first-order valence-corrected chi connectivity index (χ1v) is 7.82. The van der Waals surface area contributed by atoms with Crippen LogP contribution < -0.4 is 5.73 Å². The van der Waals surface area contributed by atoms with E-state index in [4.69, 9.17) is 10.5 Å². The van der Waals surface area contributed by atoms with E-state index in [1.807, 2.05) is 0 Å². The maximum absolute atomic E-state index is 6.02. The van der Waals surface area contributed by atoms with Crippen LogP contribution in [0.2, 0.25) is 0 Å². The molecule has 0 aromatic rings. The normalized spacial score (nSPS) is 23.5. The Morgan fingerprint density at radius 3 is 2.56 bits per heavy atom. The molecular formula is C15H32N2O. The molecule has 1 heterocycles. The fraction of sp³-hybridized carbons (Fsp3) is 1.00. The lowest BCUT2D eigenvalue weighted by molar-refractivity contribution is -0.0201. The summed E-state index contributed by atoms with van der Waals surface area (Å²) < 4.78 is 5.92. The largest absolute Gasteiger partial charge is 0.377 e. The van der Waals surface area contributed by atoms with Gasteiger partial charge in [-0.2, -0.15) is 0 Å². The maximum Gasteiger partial charge on any atom is 0.0702 e. The number of ether oxygens (including phenoxy) is 1. The van der Waals surface area contributed by atoms with Crippen LogP contribution in [0.25, 0.3) is 0 Å². The van der Waals surface area contributed by atoms with Gasteiger partial charge < -0.3 is 10.5 Å². The first-order valence-electron chi connectivity index (χ1n) is 7.82. The third kappa shape index (κ3) is 4.52. The molecule has 18 heavy (non-hydrogen) atoms. The van der Waals surface area contributed by atoms with E-state index < -0.39 is 0 Å². The van der Waals surface area contributed by atoms with Gasteiger partial charge >= 0.3 is 0 Å². The third-order valence-corrected chi connectivity index (χ3v) is 4.27. The Kier molecular flexibility index (Phi) is 7.87. The van der Waals surface area contributed by atoms with Gasteiger partial charge in [-0.3, -0.25) is 4.90 Å². The van der Waals surface area contributed by atoms with Crippen molar-refractivity contribution in [2.24, 2.45) is 11.7 Å². The Labute approximate surface area is 113 Å². The highest BCUT2D eigenvalue weighted by molar-refractivity contribution is 4.84. The van der Waals surface area contributed by atoms with Crippen LogP contribution in [-0.2, 0) is 4.74 Å². The number of likely N-dealkylation sites (tertiary alicyclic amines) is 1. The highest BCUT2D eigenvalue weighted by Gasteiger charge is 2.29. The summed E-state index contributed by atoms with van der Waals surface area (Å²) in [6.45, 7) is 10.7. The van der Waals surface area contributed by atoms with Crippen LogP contribution in [0, 0.1) is 5.92 Å². The summed E-state index contributed by atoms with van der Waals surface area (Å²) in [7, 11) is 0. The molecule has 2 unspecified atom stereocenters. The van der Waals surface area contributed by atoms with E-state index in [2.05, 4.69) is 25.7 Å². The van der Waals surface area contributed by atoms with Gasteiger partial charge in [-0.1, -0.05) is 33.6 Å². The van der Waals surface area contributed by atoms with E-state index in [9.17, 15) is 0 Å². The van der Waals surface area contributed by atoms with Crippen LogP contribution in [-0.4, -0.2) is 43.3 Å². The Morgan fingerprint density at radius 1 is 1.28 bits per heavy atom. The summed E-state index contributed by atoms with van der Waals surface area (Å²) in [6, 6.07) is 0.549. The van der Waals surface area contributed by atoms with E-state index in [1.54, 1.807) is 0 Å². The number of hydrogen-bond acceptors (Lipinski definition) is 3. The first kappa shape index (κ1) is 15.9. The topological polar surface area (TPSA) is 38.5 Å². The van der Waals surface area contributed by atoms with Gasteiger partial charge in [0.25, 0.3) is 0 Å². The zero-order valence-electron chi connectivity index (χ0n) is 12.5. The molecule has 1 rings (SSSR count). The first-order chi connectivity index (χ1) is 8.76. The standard InChI is InChI=1S/C15H32N2O/c1-4-10-18-14-8-7-9-17(12-14)15(11-16)13(5-2)6-3/h13-15H,4-12,16H2,1-3H3. The number of rotatable bonds is 8. The number of nitrogens with zero attached hydrogens (tertiary/aromatic N) is 1. The number of hydrogen-bond donors (Lipinski definition) is 1. The Hall–Kier alpha value is -0.120. The molecule has 0 bridgehead atoms. The minimum absolute atomic E-state index is 0.433. The molecule has 1 aliphatic rings. The van der Waals surface area contributed by atoms with Gasteiger partial charge in [-0.05, 0) is 31.7 Å². The predicted molar refractivity (Wildman–Crippen MR) is 77.8 cm³/mol. The molecule has 2 N–H and O–H groups in total. The molecule has 3 nitrogen and oxygen atoms in total. The monoisotopic (exact) mass is 256 g/mol. The maximum atomic E-state index is 6.02. The van der Waals surface area contributed by atoms with Crippen LogP contribution in [0.3, 0.4) is 0 Å². The minimum Gasteiger partial charge on any atom is -0.377 e. The molecule has 0 aromatic heterocycles. The van der Waals surface area contributed by atoms with Crippen LogP contribution in [0.5, 0.6) is 0 Å². The molecule has 0 aromatic carbocycles. The van der Waals surface area contributed by atoms with Crippen molar-refractivity contribution in [2.75, 3.05) is 26.2 Å². The summed E-state index contributed by atoms with van der Waals surface area (Å²) >= 11 is 0. The van der Waals surface area contributed by atoms with Crippen molar-refractivity contribution < 1.29 is 4.74 Å². The summed E-state index contributed by atoms with van der Waals surface area (Å²) in [5.74, 6) is 0.736. The minimum atomic E-state index is 0.433. The molecule has 0 aliphatic carbocycles. The van der Waals surface area contributed by atoms with E-state index >= 15 is 0 Å². The zero-order valence-corrected chi connectivity index (χ0v) is 12.5. The van der Waals surface area contributed by atoms with Gasteiger partial charge in [0.1, 0.15) is 0 Å². The second-order valence-electron chi connectivity index (χ2n) is 5.51. The SMILES string of the molecule is CCCOC1CCCN(C(CN)C(CC)CC)C1. The lowest BCUT2D eigenvalue weighted by atomic mass is 9.91. The quantitative estimate of drug-likeness (QED) is 0.725. The van der Waals surface area contributed by atoms with E-state index in [0.29, 0.717) is 12.1 Å². The van der Waals surface area contributed by atoms with E-state index in [0.717, 1.165) is 32.0 Å². The van der Waals surface area contributed by atoms with Crippen molar-refractivity contribution >= 4 is 0 Å². The van der Waals surface area contributed by atoms with E-state index in [1.165, 1.54) is 32.2 Å². The fourth-order valence-electron chi connectivity index (χ4n) is 3.16.